The van der Waals surface area contributed by atoms with Gasteiger partial charge < -0.3 is 74.5 Å². The van der Waals surface area contributed by atoms with Gasteiger partial charge in [0.05, 0.1) is 31.5 Å². The topological polar surface area (TPSA) is 409 Å². The average Bonchev–Trinajstić information content (AvgIpc) is 3.62. The number of aliphatic hydroxyl groups excluding tert-OH is 2. The summed E-state index contributed by atoms with van der Waals surface area (Å²) in [6.07, 6.45) is 0.327. The van der Waals surface area contributed by atoms with Gasteiger partial charge in [-0.3, -0.25) is 38.6 Å². The monoisotopic (exact) mass is 798 g/mol. The number of aromatic amines is 1. The molecule has 0 aliphatic heterocycles. The predicted octanol–water partition coefficient (Wildman–Crippen LogP) is -5.76. The number of carboxylic acids is 2. The minimum Gasteiger partial charge on any atom is -0.481 e. The first-order valence-electron chi connectivity index (χ1n) is 17.5. The number of carbonyl (C=O) groups excluding carboxylic acids is 6. The summed E-state index contributed by atoms with van der Waals surface area (Å²) in [4.78, 5) is 112. The lowest BCUT2D eigenvalue weighted by molar-refractivity contribution is -0.143. The number of imidazole rings is 1. The first-order valence-corrected chi connectivity index (χ1v) is 17.5. The van der Waals surface area contributed by atoms with Gasteiger partial charge in [-0.05, 0) is 39.0 Å². The smallest absolute Gasteiger partial charge is 0.326 e. The Morgan fingerprint density at radius 1 is 0.786 bits per heavy atom. The molecule has 24 nitrogen and oxygen atoms in total. The SMILES string of the molecule is CC(C)C[C@H](NC(=O)[C@H](Cc1cnc[nH]1)NC(=O)[C@H](C)NC(=O)[C@H](CO)NC(=O)[C@@H](N)CC(=O)O)C(=O)N[C@H](C(=O)N[C@@H](CCCN=C(N)N)C(=O)O)[C@@H](C)O. The van der Waals surface area contributed by atoms with Crippen molar-refractivity contribution in [2.45, 2.75) is 108 Å². The van der Waals surface area contributed by atoms with Gasteiger partial charge in [-0.2, -0.15) is 0 Å². The summed E-state index contributed by atoms with van der Waals surface area (Å²) in [7, 11) is 0. The van der Waals surface area contributed by atoms with Crippen LogP contribution in [0.4, 0.5) is 0 Å². The molecule has 0 bridgehead atoms. The second-order valence-electron chi connectivity index (χ2n) is 13.3. The van der Waals surface area contributed by atoms with Crippen molar-refractivity contribution in [3.05, 3.63) is 18.2 Å². The van der Waals surface area contributed by atoms with E-state index in [4.69, 9.17) is 22.3 Å². The highest BCUT2D eigenvalue weighted by molar-refractivity contribution is 5.97. The molecule has 0 saturated heterocycles. The van der Waals surface area contributed by atoms with Gasteiger partial charge in [-0.15, -0.1) is 0 Å². The number of nitrogens with two attached hydrogens (primary N) is 3. The van der Waals surface area contributed by atoms with Gasteiger partial charge in [-0.25, -0.2) is 9.78 Å². The Morgan fingerprint density at radius 3 is 1.88 bits per heavy atom. The lowest BCUT2D eigenvalue weighted by Gasteiger charge is -2.28. The third-order valence-electron chi connectivity index (χ3n) is 7.87. The molecule has 24 heteroatoms. The fourth-order valence-corrected chi connectivity index (χ4v) is 4.91. The van der Waals surface area contributed by atoms with E-state index in [1.165, 1.54) is 26.4 Å². The highest BCUT2D eigenvalue weighted by Crippen LogP contribution is 2.09. The average molecular weight is 799 g/mol. The van der Waals surface area contributed by atoms with Crippen LogP contribution in [0, 0.1) is 5.92 Å². The van der Waals surface area contributed by atoms with Crippen LogP contribution in [0.15, 0.2) is 17.5 Å². The largest absolute Gasteiger partial charge is 0.481 e. The number of H-pyrrole nitrogens is 1. The summed E-state index contributed by atoms with van der Waals surface area (Å²) in [5.41, 5.74) is 16.4. The van der Waals surface area contributed by atoms with E-state index in [0.717, 1.165) is 0 Å². The van der Waals surface area contributed by atoms with E-state index in [0.29, 0.717) is 5.69 Å². The van der Waals surface area contributed by atoms with Gasteiger partial charge >= 0.3 is 11.9 Å². The van der Waals surface area contributed by atoms with E-state index in [1.54, 1.807) is 13.8 Å². The molecule has 1 aromatic rings. The molecule has 0 aliphatic rings. The van der Waals surface area contributed by atoms with Gasteiger partial charge in [-0.1, -0.05) is 13.8 Å². The fourth-order valence-electron chi connectivity index (χ4n) is 4.91. The van der Waals surface area contributed by atoms with Gasteiger partial charge in [0, 0.05) is 24.9 Å². The van der Waals surface area contributed by atoms with E-state index >= 15 is 0 Å². The number of hydrogen-bond donors (Lipinski definition) is 14. The number of guanidine groups is 1. The molecule has 1 rings (SSSR count). The van der Waals surface area contributed by atoms with Crippen LogP contribution < -0.4 is 49.1 Å². The molecule has 6 amide bonds. The summed E-state index contributed by atoms with van der Waals surface area (Å²) in [5.74, 6) is -9.00. The number of amides is 6. The Labute approximate surface area is 321 Å². The molecule has 1 heterocycles. The van der Waals surface area contributed by atoms with E-state index in [1.807, 2.05) is 0 Å². The van der Waals surface area contributed by atoms with Crippen molar-refractivity contribution in [3.8, 4) is 0 Å². The Morgan fingerprint density at radius 2 is 1.36 bits per heavy atom. The fraction of sp³-hybridized carbons (Fsp3) is 0.625. The van der Waals surface area contributed by atoms with Gasteiger partial charge in [0.25, 0.3) is 0 Å². The van der Waals surface area contributed by atoms with E-state index in [2.05, 4.69) is 46.9 Å². The zero-order chi connectivity index (χ0) is 42.7. The number of hydrogen-bond acceptors (Lipinski definition) is 13. The molecule has 0 fully saturated rings. The van der Waals surface area contributed by atoms with Gasteiger partial charge in [0.1, 0.15) is 36.3 Å². The van der Waals surface area contributed by atoms with Gasteiger partial charge in [0.15, 0.2) is 5.96 Å². The predicted molar refractivity (Wildman–Crippen MR) is 196 cm³/mol. The number of rotatable bonds is 25. The van der Waals surface area contributed by atoms with E-state index < -0.39 is 109 Å². The molecular formula is C32H54N12O12. The summed E-state index contributed by atoms with van der Waals surface area (Å²) >= 11 is 0. The second-order valence-corrected chi connectivity index (χ2v) is 13.3. The first kappa shape index (κ1) is 48.1. The Balaban J connectivity index is 3.16. The highest BCUT2D eigenvalue weighted by Gasteiger charge is 2.34. The second kappa shape index (κ2) is 23.8. The van der Waals surface area contributed by atoms with Crippen molar-refractivity contribution in [1.29, 1.82) is 0 Å². The first-order chi connectivity index (χ1) is 26.2. The van der Waals surface area contributed by atoms with Crippen molar-refractivity contribution in [2.24, 2.45) is 28.1 Å². The van der Waals surface area contributed by atoms with Crippen LogP contribution in [0.5, 0.6) is 0 Å². The zero-order valence-electron chi connectivity index (χ0n) is 31.5. The van der Waals surface area contributed by atoms with Crippen LogP contribution in [-0.2, 0) is 44.8 Å². The maximum atomic E-state index is 13.7. The summed E-state index contributed by atoms with van der Waals surface area (Å²) < 4.78 is 0. The standard InChI is InChI=1S/C32H54N12O12/c1-14(2)8-20(28(52)44-24(16(4)46)30(54)40-19(31(55)56)6-5-7-37-32(34)35)42-27(51)21(9-17-11-36-13-38-17)41-25(49)15(3)39-29(53)22(12-45)43-26(50)18(33)10-23(47)48/h11,13-16,18-22,24,45-46H,5-10,12,33H2,1-4H3,(H,36,38)(H,39,53)(H,40,54)(H,41,49)(H,42,51)(H,43,50)(H,44,52)(H,47,48)(H,55,56)(H4,34,35,37)/t15-,16+,18-,19-,20-,21-,22-,24-/m0/s1. The van der Waals surface area contributed by atoms with Crippen molar-refractivity contribution in [2.75, 3.05) is 13.2 Å². The van der Waals surface area contributed by atoms with E-state index in [-0.39, 0.29) is 44.1 Å². The summed E-state index contributed by atoms with van der Waals surface area (Å²) in [5, 5.41) is 52.5. The molecule has 1 aromatic heterocycles. The molecule has 0 unspecified atom stereocenters. The number of aromatic nitrogens is 2. The minimum atomic E-state index is -1.65. The Kier molecular flexibility index (Phi) is 20.5. The van der Waals surface area contributed by atoms with Crippen molar-refractivity contribution in [3.63, 3.8) is 0 Å². The number of carboxylic acid groups (broad SMARTS) is 2. The maximum absolute atomic E-state index is 13.7. The van der Waals surface area contributed by atoms with Crippen LogP contribution in [0.2, 0.25) is 0 Å². The molecule has 8 atom stereocenters. The molecule has 0 radical (unpaired) electrons. The Bertz CT molecular complexity index is 1530. The Hall–Kier alpha value is -5.88. The van der Waals surface area contributed by atoms with Crippen LogP contribution in [0.25, 0.3) is 0 Å². The number of carbonyl (C=O) groups is 8. The normalized spacial score (nSPS) is 15.3. The number of nitrogens with one attached hydrogen (secondary N) is 7. The lowest BCUT2D eigenvalue weighted by Crippen LogP contribution is -2.61. The molecule has 56 heavy (non-hydrogen) atoms. The molecule has 314 valence electrons. The van der Waals surface area contributed by atoms with Crippen LogP contribution in [-0.4, -0.2) is 145 Å². The van der Waals surface area contributed by atoms with Crippen molar-refractivity contribution >= 4 is 53.3 Å². The minimum absolute atomic E-state index is 0.00976. The number of nitrogens with zero attached hydrogens (tertiary/aromatic N) is 2. The number of aliphatic hydroxyl groups is 2. The van der Waals surface area contributed by atoms with Crippen LogP contribution in [0.1, 0.15) is 59.1 Å². The molecule has 0 spiro atoms. The molecule has 0 aliphatic carbocycles. The molecular weight excluding hydrogens is 744 g/mol. The van der Waals surface area contributed by atoms with E-state index in [9.17, 15) is 53.7 Å². The van der Waals surface area contributed by atoms with Crippen molar-refractivity contribution in [1.82, 2.24) is 41.9 Å². The van der Waals surface area contributed by atoms with Crippen LogP contribution >= 0.6 is 0 Å². The molecule has 0 saturated carbocycles. The lowest BCUT2D eigenvalue weighted by atomic mass is 10.0. The zero-order valence-corrected chi connectivity index (χ0v) is 31.5. The number of aliphatic imine (C=N–C) groups is 1. The van der Waals surface area contributed by atoms with Gasteiger partial charge in [0.2, 0.25) is 35.4 Å². The summed E-state index contributed by atoms with van der Waals surface area (Å²) in [6, 6.07) is -10.3. The number of aliphatic carboxylic acids is 2. The molecule has 0 aromatic carbocycles. The maximum Gasteiger partial charge on any atom is 0.326 e. The highest BCUT2D eigenvalue weighted by atomic mass is 16.4. The molecule has 17 N–H and O–H groups in total. The third kappa shape index (κ3) is 17.5. The van der Waals surface area contributed by atoms with Crippen LogP contribution in [0.3, 0.4) is 0 Å². The van der Waals surface area contributed by atoms with Crippen molar-refractivity contribution < 1.29 is 58.8 Å². The summed E-state index contributed by atoms with van der Waals surface area (Å²) in [6.45, 7) is 5.05. The third-order valence-corrected chi connectivity index (χ3v) is 7.87. The quantitative estimate of drug-likeness (QED) is 0.0249.